The zero-order chi connectivity index (χ0) is 15.7. The summed E-state index contributed by atoms with van der Waals surface area (Å²) < 4.78 is 0. The molecule has 3 fully saturated rings. The first kappa shape index (κ1) is 18.2. The fourth-order valence-corrected chi connectivity index (χ4v) is 3.97. The standard InChI is InChI=1S/C16H25N3O3.ClH/c1-10-6-7-17-8-13(10)18-14(20)9-19-15(21)11-4-2-3-5-12(11)16(19)22;/h10-13,17H,2-9H2,1H3,(H,18,20);1H. The first-order chi connectivity index (χ1) is 10.6. The van der Waals surface area contributed by atoms with Gasteiger partial charge in [0, 0.05) is 12.6 Å². The average Bonchev–Trinajstić information content (AvgIpc) is 2.75. The van der Waals surface area contributed by atoms with Crippen molar-refractivity contribution in [2.24, 2.45) is 17.8 Å². The van der Waals surface area contributed by atoms with E-state index in [1.807, 2.05) is 0 Å². The zero-order valence-corrected chi connectivity index (χ0v) is 14.4. The van der Waals surface area contributed by atoms with E-state index in [-0.39, 0.29) is 54.6 Å². The molecule has 4 atom stereocenters. The molecule has 2 heterocycles. The van der Waals surface area contributed by atoms with Crippen molar-refractivity contribution >= 4 is 30.1 Å². The Labute approximate surface area is 143 Å². The number of hydrogen-bond donors (Lipinski definition) is 2. The molecular weight excluding hydrogens is 318 g/mol. The topological polar surface area (TPSA) is 78.5 Å². The van der Waals surface area contributed by atoms with Crippen LogP contribution in [0.4, 0.5) is 0 Å². The number of fused-ring (bicyclic) bond motifs is 1. The number of imide groups is 1. The van der Waals surface area contributed by atoms with Gasteiger partial charge in [-0.1, -0.05) is 19.8 Å². The number of carbonyl (C=O) groups is 3. The second kappa shape index (κ2) is 7.62. The molecule has 23 heavy (non-hydrogen) atoms. The molecule has 0 aromatic carbocycles. The first-order valence-corrected chi connectivity index (χ1v) is 8.43. The lowest BCUT2D eigenvalue weighted by atomic mass is 9.81. The van der Waals surface area contributed by atoms with Gasteiger partial charge in [-0.25, -0.2) is 0 Å². The lowest BCUT2D eigenvalue weighted by Crippen LogP contribution is -2.52. The van der Waals surface area contributed by atoms with Crippen molar-refractivity contribution in [3.8, 4) is 0 Å². The first-order valence-electron chi connectivity index (χ1n) is 8.43. The van der Waals surface area contributed by atoms with Crippen LogP contribution < -0.4 is 10.6 Å². The van der Waals surface area contributed by atoms with Crippen LogP contribution in [0, 0.1) is 17.8 Å². The van der Waals surface area contributed by atoms with E-state index in [0.717, 1.165) is 45.2 Å². The molecule has 1 aliphatic carbocycles. The Morgan fingerprint density at radius 3 is 2.35 bits per heavy atom. The molecule has 6 nitrogen and oxygen atoms in total. The monoisotopic (exact) mass is 343 g/mol. The number of carbonyl (C=O) groups excluding carboxylic acids is 3. The summed E-state index contributed by atoms with van der Waals surface area (Å²) in [6.07, 6.45) is 4.61. The van der Waals surface area contributed by atoms with Crippen LogP contribution in [0.15, 0.2) is 0 Å². The van der Waals surface area contributed by atoms with Gasteiger partial charge in [0.25, 0.3) is 0 Å². The second-order valence-electron chi connectivity index (χ2n) is 6.90. The number of piperidine rings is 1. The Hall–Kier alpha value is -1.14. The smallest absolute Gasteiger partial charge is 0.240 e. The number of hydrogen-bond acceptors (Lipinski definition) is 4. The highest BCUT2D eigenvalue weighted by Gasteiger charge is 2.48. The summed E-state index contributed by atoms with van der Waals surface area (Å²) in [7, 11) is 0. The van der Waals surface area contributed by atoms with Gasteiger partial charge in [0.15, 0.2) is 0 Å². The quantitative estimate of drug-likeness (QED) is 0.739. The fourth-order valence-electron chi connectivity index (χ4n) is 3.97. The van der Waals surface area contributed by atoms with Gasteiger partial charge >= 0.3 is 0 Å². The lowest BCUT2D eigenvalue weighted by Gasteiger charge is -2.30. The van der Waals surface area contributed by atoms with Crippen LogP contribution >= 0.6 is 12.4 Å². The SMILES string of the molecule is CC1CCNCC1NC(=O)CN1C(=O)C2CCCCC2C1=O.Cl. The van der Waals surface area contributed by atoms with Crippen LogP contribution in [0.3, 0.4) is 0 Å². The molecule has 1 saturated carbocycles. The summed E-state index contributed by atoms with van der Waals surface area (Å²) in [6.45, 7) is 3.72. The molecule has 2 aliphatic heterocycles. The highest BCUT2D eigenvalue weighted by molar-refractivity contribution is 6.07. The number of halogens is 1. The Kier molecular flexibility index (Phi) is 6.03. The summed E-state index contributed by atoms with van der Waals surface area (Å²) >= 11 is 0. The van der Waals surface area contributed by atoms with Gasteiger partial charge < -0.3 is 10.6 Å². The van der Waals surface area contributed by atoms with Crippen LogP contribution in [-0.2, 0) is 14.4 Å². The summed E-state index contributed by atoms with van der Waals surface area (Å²) in [4.78, 5) is 38.1. The van der Waals surface area contributed by atoms with Crippen LogP contribution in [0.2, 0.25) is 0 Å². The summed E-state index contributed by atoms with van der Waals surface area (Å²) in [5, 5.41) is 6.23. The van der Waals surface area contributed by atoms with E-state index in [4.69, 9.17) is 0 Å². The predicted molar refractivity (Wildman–Crippen MR) is 88.0 cm³/mol. The van der Waals surface area contributed by atoms with Crippen molar-refractivity contribution in [3.63, 3.8) is 0 Å². The summed E-state index contributed by atoms with van der Waals surface area (Å²) in [5.74, 6) is -0.438. The molecule has 2 N–H and O–H groups in total. The Morgan fingerprint density at radius 2 is 1.78 bits per heavy atom. The highest BCUT2D eigenvalue weighted by atomic mass is 35.5. The van der Waals surface area contributed by atoms with Crippen LogP contribution in [0.25, 0.3) is 0 Å². The molecule has 7 heteroatoms. The third kappa shape index (κ3) is 3.69. The molecule has 2 saturated heterocycles. The Bertz CT molecular complexity index is 461. The van der Waals surface area contributed by atoms with Crippen molar-refractivity contribution in [2.45, 2.75) is 45.1 Å². The molecule has 130 valence electrons. The third-order valence-corrected chi connectivity index (χ3v) is 5.41. The molecule has 0 aromatic heterocycles. The molecule has 4 unspecified atom stereocenters. The van der Waals surface area contributed by atoms with Crippen LogP contribution in [0.1, 0.15) is 39.0 Å². The predicted octanol–water partition coefficient (Wildman–Crippen LogP) is 0.698. The molecule has 0 bridgehead atoms. The summed E-state index contributed by atoms with van der Waals surface area (Å²) in [6, 6.07) is 0.0799. The van der Waals surface area contributed by atoms with Crippen molar-refractivity contribution in [2.75, 3.05) is 19.6 Å². The zero-order valence-electron chi connectivity index (χ0n) is 13.5. The van der Waals surface area contributed by atoms with Gasteiger partial charge in [-0.3, -0.25) is 19.3 Å². The fraction of sp³-hybridized carbons (Fsp3) is 0.812. The van der Waals surface area contributed by atoms with E-state index >= 15 is 0 Å². The molecule has 0 aromatic rings. The van der Waals surface area contributed by atoms with Crippen LogP contribution in [0.5, 0.6) is 0 Å². The van der Waals surface area contributed by atoms with Crippen LogP contribution in [-0.4, -0.2) is 48.3 Å². The van der Waals surface area contributed by atoms with E-state index in [2.05, 4.69) is 17.6 Å². The summed E-state index contributed by atoms with van der Waals surface area (Å²) in [5.41, 5.74) is 0. The van der Waals surface area contributed by atoms with E-state index in [0.29, 0.717) is 5.92 Å². The molecule has 3 aliphatic rings. The molecule has 3 rings (SSSR count). The normalized spacial score (nSPS) is 33.9. The van der Waals surface area contributed by atoms with E-state index in [9.17, 15) is 14.4 Å². The van der Waals surface area contributed by atoms with Gasteiger partial charge in [0.05, 0.1) is 11.8 Å². The Morgan fingerprint density at radius 1 is 1.17 bits per heavy atom. The lowest BCUT2D eigenvalue weighted by molar-refractivity contribution is -0.143. The third-order valence-electron chi connectivity index (χ3n) is 5.41. The molecule has 0 radical (unpaired) electrons. The highest BCUT2D eigenvalue weighted by Crippen LogP contribution is 2.37. The maximum absolute atomic E-state index is 12.4. The molecular formula is C16H26ClN3O3. The van der Waals surface area contributed by atoms with Gasteiger partial charge in [0.2, 0.25) is 17.7 Å². The number of nitrogens with zero attached hydrogens (tertiary/aromatic N) is 1. The van der Waals surface area contributed by atoms with E-state index in [1.54, 1.807) is 0 Å². The average molecular weight is 344 g/mol. The molecule has 0 spiro atoms. The maximum Gasteiger partial charge on any atom is 0.240 e. The minimum atomic E-state index is -0.221. The van der Waals surface area contributed by atoms with Gasteiger partial charge in [-0.2, -0.15) is 0 Å². The van der Waals surface area contributed by atoms with Crippen molar-refractivity contribution in [1.29, 1.82) is 0 Å². The maximum atomic E-state index is 12.4. The Balaban J connectivity index is 0.00000192. The largest absolute Gasteiger partial charge is 0.350 e. The van der Waals surface area contributed by atoms with Crippen molar-refractivity contribution < 1.29 is 14.4 Å². The number of amides is 3. The van der Waals surface area contributed by atoms with Crippen molar-refractivity contribution in [1.82, 2.24) is 15.5 Å². The second-order valence-corrected chi connectivity index (χ2v) is 6.90. The van der Waals surface area contributed by atoms with Crippen molar-refractivity contribution in [3.05, 3.63) is 0 Å². The van der Waals surface area contributed by atoms with E-state index in [1.165, 1.54) is 4.90 Å². The minimum absolute atomic E-state index is 0. The number of nitrogens with one attached hydrogen (secondary N) is 2. The minimum Gasteiger partial charge on any atom is -0.350 e. The molecule has 3 amide bonds. The van der Waals surface area contributed by atoms with E-state index < -0.39 is 0 Å². The van der Waals surface area contributed by atoms with Gasteiger partial charge in [-0.15, -0.1) is 12.4 Å². The number of rotatable bonds is 3. The number of likely N-dealkylation sites (tertiary alicyclic amines) is 1. The van der Waals surface area contributed by atoms with Gasteiger partial charge in [-0.05, 0) is 31.7 Å². The van der Waals surface area contributed by atoms with Gasteiger partial charge in [0.1, 0.15) is 6.54 Å².